The van der Waals surface area contributed by atoms with Crippen molar-refractivity contribution in [1.82, 2.24) is 4.90 Å². The maximum absolute atomic E-state index is 10.2. The molecule has 1 saturated heterocycles. The summed E-state index contributed by atoms with van der Waals surface area (Å²) in [5.74, 6) is 1.47. The fourth-order valence-electron chi connectivity index (χ4n) is 4.27. The van der Waals surface area contributed by atoms with Gasteiger partial charge in [-0.25, -0.2) is 0 Å². The normalized spacial score (nSPS) is 34.9. The summed E-state index contributed by atoms with van der Waals surface area (Å²) in [7, 11) is 0. The van der Waals surface area contributed by atoms with Gasteiger partial charge in [-0.15, -0.1) is 0 Å². The van der Waals surface area contributed by atoms with E-state index in [1.165, 1.54) is 25.7 Å². The molecule has 2 fully saturated rings. The number of nitrogens with zero attached hydrogens (tertiary/aromatic N) is 1. The van der Waals surface area contributed by atoms with Crippen molar-refractivity contribution in [2.24, 2.45) is 23.0 Å². The quantitative estimate of drug-likeness (QED) is 0.838. The van der Waals surface area contributed by atoms with Gasteiger partial charge in [0.2, 0.25) is 0 Å². The first-order valence-corrected chi connectivity index (χ1v) is 8.95. The zero-order chi connectivity index (χ0) is 15.7. The van der Waals surface area contributed by atoms with Crippen LogP contribution >= 0.6 is 0 Å². The average Bonchev–Trinajstić information content (AvgIpc) is 2.46. The average molecular weight is 296 g/mol. The smallest absolute Gasteiger partial charge is 0.0644 e. The van der Waals surface area contributed by atoms with Crippen molar-refractivity contribution >= 4 is 0 Å². The third-order valence-corrected chi connectivity index (χ3v) is 6.62. The van der Waals surface area contributed by atoms with Gasteiger partial charge in [0, 0.05) is 19.1 Å². The second kappa shape index (κ2) is 6.55. The van der Waals surface area contributed by atoms with Gasteiger partial charge in [0.15, 0.2) is 0 Å². The second-order valence-corrected chi connectivity index (χ2v) is 8.45. The van der Waals surface area contributed by atoms with Crippen molar-refractivity contribution in [3.8, 4) is 0 Å². The van der Waals surface area contributed by atoms with Crippen molar-refractivity contribution in [2.45, 2.75) is 77.9 Å². The van der Waals surface area contributed by atoms with E-state index in [2.05, 4.69) is 25.7 Å². The summed E-state index contributed by atoms with van der Waals surface area (Å²) >= 11 is 0. The van der Waals surface area contributed by atoms with Gasteiger partial charge in [-0.1, -0.05) is 27.2 Å². The predicted molar refractivity (Wildman–Crippen MR) is 89.2 cm³/mol. The summed E-state index contributed by atoms with van der Waals surface area (Å²) < 4.78 is 0. The summed E-state index contributed by atoms with van der Waals surface area (Å²) in [6.07, 6.45) is 6.98. The lowest BCUT2D eigenvalue weighted by Gasteiger charge is -2.49. The molecule has 3 heteroatoms. The molecule has 0 radical (unpaired) electrons. The number of likely N-dealkylation sites (tertiary alicyclic amines) is 1. The lowest BCUT2D eigenvalue weighted by atomic mass is 9.65. The summed E-state index contributed by atoms with van der Waals surface area (Å²) in [5.41, 5.74) is 6.06. The van der Waals surface area contributed by atoms with Crippen LogP contribution in [0.1, 0.15) is 66.2 Å². The summed E-state index contributed by atoms with van der Waals surface area (Å²) in [4.78, 5) is 2.63. The van der Waals surface area contributed by atoms with Crippen LogP contribution in [0.2, 0.25) is 0 Å². The minimum Gasteiger partial charge on any atom is -0.390 e. The van der Waals surface area contributed by atoms with Crippen molar-refractivity contribution in [1.29, 1.82) is 0 Å². The Hall–Kier alpha value is -0.120. The molecule has 3 atom stereocenters. The molecule has 2 rings (SSSR count). The largest absolute Gasteiger partial charge is 0.390 e. The molecule has 1 heterocycles. The summed E-state index contributed by atoms with van der Waals surface area (Å²) in [5, 5.41) is 10.2. The molecule has 2 aliphatic rings. The van der Waals surface area contributed by atoms with Crippen molar-refractivity contribution in [2.75, 3.05) is 19.6 Å². The van der Waals surface area contributed by atoms with Crippen LogP contribution < -0.4 is 5.73 Å². The van der Waals surface area contributed by atoms with E-state index in [0.29, 0.717) is 17.4 Å². The van der Waals surface area contributed by atoms with Gasteiger partial charge in [-0.05, 0) is 62.8 Å². The molecule has 0 aromatic rings. The number of nitrogens with two attached hydrogens (primary N) is 1. The van der Waals surface area contributed by atoms with Gasteiger partial charge in [-0.2, -0.15) is 0 Å². The van der Waals surface area contributed by atoms with Crippen LogP contribution in [-0.2, 0) is 0 Å². The number of piperidine rings is 1. The van der Waals surface area contributed by atoms with Gasteiger partial charge in [0.25, 0.3) is 0 Å². The van der Waals surface area contributed by atoms with Gasteiger partial charge in [0.05, 0.1) is 5.60 Å². The molecule has 0 spiro atoms. The number of hydrogen-bond acceptors (Lipinski definition) is 3. The first-order valence-electron chi connectivity index (χ1n) is 8.95. The molecule has 1 aliphatic heterocycles. The fraction of sp³-hybridized carbons (Fsp3) is 1.00. The molecule has 3 nitrogen and oxygen atoms in total. The molecule has 0 aromatic heterocycles. The Morgan fingerprint density at radius 1 is 1.24 bits per heavy atom. The standard InChI is InChI=1S/C18H36N2O/c1-5-17(2,3)15-7-6-14(13-19)16(12-15)20-10-8-18(4,21)9-11-20/h14-16,21H,5-13,19H2,1-4H3. The molecule has 3 unspecified atom stereocenters. The molecule has 124 valence electrons. The monoisotopic (exact) mass is 296 g/mol. The Balaban J connectivity index is 2.04. The first-order chi connectivity index (χ1) is 9.79. The van der Waals surface area contributed by atoms with Gasteiger partial charge in [-0.3, -0.25) is 4.90 Å². The van der Waals surface area contributed by atoms with Crippen LogP contribution in [0.5, 0.6) is 0 Å². The molecule has 0 bridgehead atoms. The zero-order valence-electron chi connectivity index (χ0n) is 14.6. The Bertz CT molecular complexity index is 330. The Morgan fingerprint density at radius 3 is 2.38 bits per heavy atom. The Kier molecular flexibility index (Phi) is 5.38. The van der Waals surface area contributed by atoms with E-state index in [4.69, 9.17) is 5.73 Å². The molecule has 21 heavy (non-hydrogen) atoms. The van der Waals surface area contributed by atoms with E-state index in [9.17, 15) is 5.11 Å². The number of aliphatic hydroxyl groups is 1. The van der Waals surface area contributed by atoms with Gasteiger partial charge < -0.3 is 10.8 Å². The molecule has 1 aliphatic carbocycles. The van der Waals surface area contributed by atoms with E-state index in [0.717, 1.165) is 38.4 Å². The van der Waals surface area contributed by atoms with Crippen molar-refractivity contribution in [3.05, 3.63) is 0 Å². The fourth-order valence-corrected chi connectivity index (χ4v) is 4.27. The highest BCUT2D eigenvalue weighted by Crippen LogP contribution is 2.44. The van der Waals surface area contributed by atoms with Gasteiger partial charge >= 0.3 is 0 Å². The van der Waals surface area contributed by atoms with E-state index >= 15 is 0 Å². The minimum absolute atomic E-state index is 0.444. The molecule has 0 amide bonds. The van der Waals surface area contributed by atoms with Crippen LogP contribution in [0.25, 0.3) is 0 Å². The third-order valence-electron chi connectivity index (χ3n) is 6.62. The predicted octanol–water partition coefficient (Wildman–Crippen LogP) is 3.01. The van der Waals surface area contributed by atoms with Gasteiger partial charge in [0.1, 0.15) is 0 Å². The van der Waals surface area contributed by atoms with E-state index in [-0.39, 0.29) is 0 Å². The highest BCUT2D eigenvalue weighted by Gasteiger charge is 2.40. The first kappa shape index (κ1) is 17.2. The zero-order valence-corrected chi connectivity index (χ0v) is 14.6. The molecular formula is C18H36N2O. The van der Waals surface area contributed by atoms with Crippen LogP contribution in [0, 0.1) is 17.3 Å². The minimum atomic E-state index is -0.453. The number of rotatable bonds is 4. The lowest BCUT2D eigenvalue weighted by molar-refractivity contribution is -0.0407. The maximum Gasteiger partial charge on any atom is 0.0644 e. The highest BCUT2D eigenvalue weighted by molar-refractivity contribution is 4.94. The topological polar surface area (TPSA) is 49.5 Å². The second-order valence-electron chi connectivity index (χ2n) is 8.45. The molecule has 1 saturated carbocycles. The van der Waals surface area contributed by atoms with E-state index in [1.807, 2.05) is 6.92 Å². The summed E-state index contributed by atoms with van der Waals surface area (Å²) in [6.45, 7) is 12.0. The van der Waals surface area contributed by atoms with E-state index < -0.39 is 5.60 Å². The molecular weight excluding hydrogens is 260 g/mol. The van der Waals surface area contributed by atoms with Crippen LogP contribution in [0.3, 0.4) is 0 Å². The maximum atomic E-state index is 10.2. The molecule has 3 N–H and O–H groups in total. The third kappa shape index (κ3) is 4.00. The van der Waals surface area contributed by atoms with Crippen LogP contribution in [0.15, 0.2) is 0 Å². The Morgan fingerprint density at radius 2 is 1.86 bits per heavy atom. The lowest BCUT2D eigenvalue weighted by Crippen LogP contribution is -2.53. The van der Waals surface area contributed by atoms with Crippen LogP contribution in [0.4, 0.5) is 0 Å². The van der Waals surface area contributed by atoms with E-state index in [1.54, 1.807) is 0 Å². The Labute approximate surface area is 131 Å². The van der Waals surface area contributed by atoms with Crippen LogP contribution in [-0.4, -0.2) is 41.3 Å². The van der Waals surface area contributed by atoms with Crippen molar-refractivity contribution in [3.63, 3.8) is 0 Å². The SMILES string of the molecule is CCC(C)(C)C1CCC(CN)C(N2CCC(C)(O)CC2)C1. The van der Waals surface area contributed by atoms with Crippen molar-refractivity contribution < 1.29 is 5.11 Å². The molecule has 0 aromatic carbocycles. The highest BCUT2D eigenvalue weighted by atomic mass is 16.3. The number of hydrogen-bond donors (Lipinski definition) is 2. The summed E-state index contributed by atoms with van der Waals surface area (Å²) in [6, 6.07) is 0.635.